The lowest BCUT2D eigenvalue weighted by Gasteiger charge is -2.25. The van der Waals surface area contributed by atoms with Gasteiger partial charge in [-0.05, 0) is 17.9 Å². The van der Waals surface area contributed by atoms with Crippen LogP contribution >= 0.6 is 11.8 Å². The summed E-state index contributed by atoms with van der Waals surface area (Å²) < 4.78 is 13.6. The van der Waals surface area contributed by atoms with E-state index in [1.54, 1.807) is 11.8 Å². The fraction of sp³-hybridized carbons (Fsp3) is 0.385. The van der Waals surface area contributed by atoms with E-state index >= 15 is 0 Å². The van der Waals surface area contributed by atoms with Crippen molar-refractivity contribution in [2.45, 2.75) is 18.2 Å². The number of para-hydroxylation sites is 2. The van der Waals surface area contributed by atoms with Gasteiger partial charge in [-0.25, -0.2) is 0 Å². The normalized spacial score (nSPS) is 17.5. The summed E-state index contributed by atoms with van der Waals surface area (Å²) in [4.78, 5) is 0. The molecule has 5 nitrogen and oxygen atoms in total. The highest BCUT2D eigenvalue weighted by Crippen LogP contribution is 2.35. The molecule has 2 heterocycles. The van der Waals surface area contributed by atoms with E-state index in [0.29, 0.717) is 6.61 Å². The Morgan fingerprint density at radius 3 is 2.89 bits per heavy atom. The van der Waals surface area contributed by atoms with Crippen LogP contribution in [0.4, 0.5) is 0 Å². The molecule has 0 fully saturated rings. The summed E-state index contributed by atoms with van der Waals surface area (Å²) in [6.07, 6.45) is -0.210. The lowest BCUT2D eigenvalue weighted by atomic mass is 10.2. The molecule has 3 rings (SSSR count). The van der Waals surface area contributed by atoms with E-state index in [2.05, 4.69) is 17.1 Å². The minimum Gasteiger partial charge on any atom is -0.485 e. The average molecular weight is 277 g/mol. The fourth-order valence-electron chi connectivity index (χ4n) is 2.01. The SMILES string of the molecule is CCSc1nnc(C2COc3ccccc3O2)n1C. The summed E-state index contributed by atoms with van der Waals surface area (Å²) in [6, 6.07) is 7.67. The number of ether oxygens (including phenoxy) is 2. The van der Waals surface area contributed by atoms with E-state index in [-0.39, 0.29) is 6.10 Å². The molecule has 0 bridgehead atoms. The van der Waals surface area contributed by atoms with Crippen molar-refractivity contribution in [2.24, 2.45) is 7.05 Å². The molecule has 1 aromatic carbocycles. The van der Waals surface area contributed by atoms with Crippen molar-refractivity contribution in [3.63, 3.8) is 0 Å². The van der Waals surface area contributed by atoms with Gasteiger partial charge < -0.3 is 14.0 Å². The number of fused-ring (bicyclic) bond motifs is 1. The van der Waals surface area contributed by atoms with Gasteiger partial charge in [0, 0.05) is 7.05 Å². The first kappa shape index (κ1) is 12.3. The summed E-state index contributed by atoms with van der Waals surface area (Å²) in [6.45, 7) is 2.55. The molecule has 0 spiro atoms. The molecule has 0 radical (unpaired) electrons. The van der Waals surface area contributed by atoms with Crippen LogP contribution in [0.25, 0.3) is 0 Å². The lowest BCUT2D eigenvalue weighted by molar-refractivity contribution is 0.0825. The number of thioether (sulfide) groups is 1. The zero-order valence-corrected chi connectivity index (χ0v) is 11.7. The summed E-state index contributed by atoms with van der Waals surface area (Å²) in [5.41, 5.74) is 0. The first-order valence-corrected chi connectivity index (χ1v) is 7.18. The maximum absolute atomic E-state index is 5.93. The van der Waals surface area contributed by atoms with Gasteiger partial charge in [0.15, 0.2) is 28.6 Å². The number of nitrogens with zero attached hydrogens (tertiary/aromatic N) is 3. The van der Waals surface area contributed by atoms with Gasteiger partial charge in [0.1, 0.15) is 6.61 Å². The molecule has 1 atom stereocenters. The van der Waals surface area contributed by atoms with Gasteiger partial charge in [-0.1, -0.05) is 30.8 Å². The van der Waals surface area contributed by atoms with Crippen molar-refractivity contribution in [3.05, 3.63) is 30.1 Å². The Morgan fingerprint density at radius 2 is 2.11 bits per heavy atom. The number of benzene rings is 1. The number of aromatic nitrogens is 3. The van der Waals surface area contributed by atoms with Gasteiger partial charge >= 0.3 is 0 Å². The Bertz CT molecular complexity index is 585. The number of rotatable bonds is 3. The van der Waals surface area contributed by atoms with Crippen molar-refractivity contribution < 1.29 is 9.47 Å². The third-order valence-electron chi connectivity index (χ3n) is 2.94. The maximum atomic E-state index is 5.93. The molecule has 1 aromatic heterocycles. The van der Waals surface area contributed by atoms with Gasteiger partial charge in [-0.2, -0.15) is 0 Å². The predicted molar refractivity (Wildman–Crippen MR) is 72.7 cm³/mol. The third kappa shape index (κ3) is 2.28. The largest absolute Gasteiger partial charge is 0.485 e. The van der Waals surface area contributed by atoms with Crippen molar-refractivity contribution in [1.82, 2.24) is 14.8 Å². The summed E-state index contributed by atoms with van der Waals surface area (Å²) in [5, 5.41) is 9.30. The molecule has 0 saturated heterocycles. The standard InChI is InChI=1S/C13H15N3O2S/c1-3-19-13-15-14-12(16(13)2)11-8-17-9-6-4-5-7-10(9)18-11/h4-7,11H,3,8H2,1-2H3. The fourth-order valence-corrected chi connectivity index (χ4v) is 2.65. The second kappa shape index (κ2) is 5.13. The molecule has 0 saturated carbocycles. The van der Waals surface area contributed by atoms with Gasteiger partial charge in [-0.3, -0.25) is 0 Å². The van der Waals surface area contributed by atoms with Gasteiger partial charge in [0.2, 0.25) is 0 Å². The minimum atomic E-state index is -0.210. The quantitative estimate of drug-likeness (QED) is 0.806. The smallest absolute Gasteiger partial charge is 0.192 e. The lowest BCUT2D eigenvalue weighted by Crippen LogP contribution is -2.24. The van der Waals surface area contributed by atoms with Gasteiger partial charge in [0.25, 0.3) is 0 Å². The zero-order valence-electron chi connectivity index (χ0n) is 10.9. The van der Waals surface area contributed by atoms with E-state index < -0.39 is 0 Å². The molecule has 2 aromatic rings. The molecule has 1 unspecified atom stereocenters. The molecule has 0 amide bonds. The van der Waals surface area contributed by atoms with Crippen LogP contribution in [-0.4, -0.2) is 27.1 Å². The van der Waals surface area contributed by atoms with Crippen LogP contribution in [0, 0.1) is 0 Å². The van der Waals surface area contributed by atoms with Crippen LogP contribution < -0.4 is 9.47 Å². The molecular formula is C13H15N3O2S. The Balaban J connectivity index is 1.85. The van der Waals surface area contributed by atoms with Crippen molar-refractivity contribution in [3.8, 4) is 11.5 Å². The van der Waals surface area contributed by atoms with Crippen molar-refractivity contribution in [1.29, 1.82) is 0 Å². The van der Waals surface area contributed by atoms with Crippen LogP contribution in [0.2, 0.25) is 0 Å². The Hall–Kier alpha value is -1.69. The first-order valence-electron chi connectivity index (χ1n) is 6.20. The minimum absolute atomic E-state index is 0.210. The predicted octanol–water partition coefficient (Wildman–Crippen LogP) is 2.44. The van der Waals surface area contributed by atoms with E-state index in [1.807, 2.05) is 35.9 Å². The number of hydrogen-bond acceptors (Lipinski definition) is 5. The second-order valence-electron chi connectivity index (χ2n) is 4.20. The Labute approximate surface area is 115 Å². The van der Waals surface area contributed by atoms with Crippen LogP contribution in [0.3, 0.4) is 0 Å². The molecule has 100 valence electrons. The Morgan fingerprint density at radius 1 is 1.32 bits per heavy atom. The molecule has 0 N–H and O–H groups in total. The molecule has 19 heavy (non-hydrogen) atoms. The highest BCUT2D eigenvalue weighted by molar-refractivity contribution is 7.99. The molecule has 6 heteroatoms. The topological polar surface area (TPSA) is 49.2 Å². The van der Waals surface area contributed by atoms with Gasteiger partial charge in [-0.15, -0.1) is 10.2 Å². The monoisotopic (exact) mass is 277 g/mol. The molecule has 0 aliphatic carbocycles. The van der Waals surface area contributed by atoms with E-state index in [4.69, 9.17) is 9.47 Å². The van der Waals surface area contributed by atoms with Crippen molar-refractivity contribution in [2.75, 3.05) is 12.4 Å². The van der Waals surface area contributed by atoms with Crippen LogP contribution in [0.5, 0.6) is 11.5 Å². The molecule has 1 aliphatic rings. The summed E-state index contributed by atoms with van der Waals surface area (Å²) in [7, 11) is 1.96. The Kier molecular flexibility index (Phi) is 3.33. The van der Waals surface area contributed by atoms with Gasteiger partial charge in [0.05, 0.1) is 0 Å². The highest BCUT2D eigenvalue weighted by Gasteiger charge is 2.27. The third-order valence-corrected chi connectivity index (χ3v) is 3.84. The second-order valence-corrected chi connectivity index (χ2v) is 5.43. The van der Waals surface area contributed by atoms with Crippen LogP contribution in [0.15, 0.2) is 29.4 Å². The van der Waals surface area contributed by atoms with E-state index in [9.17, 15) is 0 Å². The number of hydrogen-bond donors (Lipinski definition) is 0. The van der Waals surface area contributed by atoms with Crippen LogP contribution in [-0.2, 0) is 7.05 Å². The summed E-state index contributed by atoms with van der Waals surface area (Å²) in [5.74, 6) is 3.30. The maximum Gasteiger partial charge on any atom is 0.192 e. The van der Waals surface area contributed by atoms with E-state index in [1.165, 1.54) is 0 Å². The average Bonchev–Trinajstić information content (AvgIpc) is 2.80. The van der Waals surface area contributed by atoms with E-state index in [0.717, 1.165) is 28.2 Å². The van der Waals surface area contributed by atoms with Crippen LogP contribution in [0.1, 0.15) is 18.9 Å². The highest BCUT2D eigenvalue weighted by atomic mass is 32.2. The summed E-state index contributed by atoms with van der Waals surface area (Å²) >= 11 is 1.67. The van der Waals surface area contributed by atoms with Crippen molar-refractivity contribution >= 4 is 11.8 Å². The zero-order chi connectivity index (χ0) is 13.2. The first-order chi connectivity index (χ1) is 9.29. The molecule has 1 aliphatic heterocycles. The molecular weight excluding hydrogens is 262 g/mol.